The first-order chi connectivity index (χ1) is 12.1. The van der Waals surface area contributed by atoms with Crippen molar-refractivity contribution in [3.63, 3.8) is 0 Å². The molecule has 0 radical (unpaired) electrons. The van der Waals surface area contributed by atoms with Gasteiger partial charge in [-0.3, -0.25) is 4.79 Å². The van der Waals surface area contributed by atoms with Crippen molar-refractivity contribution in [2.75, 3.05) is 13.1 Å². The Hall–Kier alpha value is -1.92. The summed E-state index contributed by atoms with van der Waals surface area (Å²) in [6, 6.07) is 7.62. The van der Waals surface area contributed by atoms with Gasteiger partial charge in [0.05, 0.1) is 10.7 Å². The van der Waals surface area contributed by atoms with Crippen LogP contribution in [0.25, 0.3) is 5.69 Å². The molecule has 1 aromatic heterocycles. The van der Waals surface area contributed by atoms with Crippen LogP contribution in [0.2, 0.25) is 5.02 Å². The van der Waals surface area contributed by atoms with Crippen molar-refractivity contribution in [3.8, 4) is 5.69 Å². The lowest BCUT2D eigenvalue weighted by molar-refractivity contribution is 0.0904. The van der Waals surface area contributed by atoms with Gasteiger partial charge in [0, 0.05) is 18.5 Å². The summed E-state index contributed by atoms with van der Waals surface area (Å²) in [4.78, 5) is 17.2. The Morgan fingerprint density at radius 3 is 2.84 bits per heavy atom. The normalized spacial score (nSPS) is 23.4. The van der Waals surface area contributed by atoms with Crippen LogP contribution in [0.1, 0.15) is 48.5 Å². The highest BCUT2D eigenvalue weighted by molar-refractivity contribution is 6.32. The van der Waals surface area contributed by atoms with E-state index in [9.17, 15) is 4.79 Å². The molecule has 6 nitrogen and oxygen atoms in total. The quantitative estimate of drug-likeness (QED) is 0.880. The number of benzene rings is 1. The van der Waals surface area contributed by atoms with Crippen molar-refractivity contribution in [2.45, 2.75) is 38.1 Å². The Bertz CT molecular complexity index is 786. The average Bonchev–Trinajstić information content (AvgIpc) is 3.36. The molecule has 1 aliphatic carbocycles. The van der Waals surface area contributed by atoms with Gasteiger partial charge in [-0.05, 0) is 43.9 Å². The number of amides is 1. The molecule has 2 N–H and O–H groups in total. The molecule has 4 rings (SSSR count). The van der Waals surface area contributed by atoms with Crippen molar-refractivity contribution in [1.29, 1.82) is 0 Å². The van der Waals surface area contributed by atoms with Crippen LogP contribution in [-0.4, -0.2) is 39.8 Å². The first-order valence-corrected chi connectivity index (χ1v) is 9.24. The van der Waals surface area contributed by atoms with Crippen molar-refractivity contribution in [1.82, 2.24) is 25.4 Å². The van der Waals surface area contributed by atoms with Gasteiger partial charge in [0.1, 0.15) is 5.82 Å². The number of para-hydroxylation sites is 1. The molecule has 1 aliphatic heterocycles. The minimum Gasteiger partial charge on any atom is -0.345 e. The molecule has 7 heteroatoms. The molecule has 1 saturated carbocycles. The van der Waals surface area contributed by atoms with Crippen LogP contribution < -0.4 is 10.6 Å². The van der Waals surface area contributed by atoms with Crippen LogP contribution in [-0.2, 0) is 0 Å². The fourth-order valence-corrected chi connectivity index (χ4v) is 3.46. The summed E-state index contributed by atoms with van der Waals surface area (Å²) in [5.41, 5.74) is 0.769. The summed E-state index contributed by atoms with van der Waals surface area (Å²) in [5, 5.41) is 11.5. The molecule has 1 amide bonds. The number of aromatic nitrogens is 3. The Labute approximate surface area is 152 Å². The maximum absolute atomic E-state index is 12.7. The zero-order valence-electron chi connectivity index (χ0n) is 14.2. The molecular weight excluding hydrogens is 338 g/mol. The summed E-state index contributed by atoms with van der Waals surface area (Å²) >= 11 is 6.32. The monoisotopic (exact) mass is 359 g/mol. The SMILES string of the molecule is CC1CCNCC1NC(=O)c1nc(C2CC2)n(-c2ccccc2Cl)n1. The van der Waals surface area contributed by atoms with Gasteiger partial charge in [0.15, 0.2) is 0 Å². The van der Waals surface area contributed by atoms with Gasteiger partial charge in [-0.2, -0.15) is 0 Å². The van der Waals surface area contributed by atoms with Gasteiger partial charge < -0.3 is 10.6 Å². The second-order valence-electron chi connectivity index (χ2n) is 6.98. The summed E-state index contributed by atoms with van der Waals surface area (Å²) < 4.78 is 1.73. The highest BCUT2D eigenvalue weighted by Gasteiger charge is 2.32. The summed E-state index contributed by atoms with van der Waals surface area (Å²) in [6.07, 6.45) is 3.21. The number of piperidine rings is 1. The van der Waals surface area contributed by atoms with Crippen LogP contribution in [0.5, 0.6) is 0 Å². The lowest BCUT2D eigenvalue weighted by Gasteiger charge is -2.29. The van der Waals surface area contributed by atoms with E-state index in [-0.39, 0.29) is 17.8 Å². The number of nitrogens with zero attached hydrogens (tertiary/aromatic N) is 3. The zero-order valence-corrected chi connectivity index (χ0v) is 15.0. The standard InChI is InChI=1S/C18H22ClN5O/c1-11-8-9-20-10-14(11)21-18(25)16-22-17(12-6-7-12)24(23-16)15-5-3-2-4-13(15)19/h2-5,11-12,14,20H,6-10H2,1H3,(H,21,25). The molecule has 2 aromatic rings. The van der Waals surface area contributed by atoms with Crippen molar-refractivity contribution < 1.29 is 4.79 Å². The number of carbonyl (C=O) groups is 1. The van der Waals surface area contributed by atoms with Crippen LogP contribution in [0.3, 0.4) is 0 Å². The minimum absolute atomic E-state index is 0.109. The number of rotatable bonds is 4. The fourth-order valence-electron chi connectivity index (χ4n) is 3.24. The van der Waals surface area contributed by atoms with Crippen LogP contribution in [0, 0.1) is 5.92 Å². The van der Waals surface area contributed by atoms with Crippen LogP contribution in [0.15, 0.2) is 24.3 Å². The smallest absolute Gasteiger partial charge is 0.291 e. The molecule has 25 heavy (non-hydrogen) atoms. The van der Waals surface area contributed by atoms with Gasteiger partial charge >= 0.3 is 0 Å². The Morgan fingerprint density at radius 2 is 2.12 bits per heavy atom. The van der Waals surface area contributed by atoms with E-state index in [1.807, 2.05) is 24.3 Å². The lowest BCUT2D eigenvalue weighted by atomic mass is 9.95. The van der Waals surface area contributed by atoms with Gasteiger partial charge in [-0.1, -0.05) is 30.7 Å². The largest absolute Gasteiger partial charge is 0.345 e. The maximum atomic E-state index is 12.7. The number of halogens is 1. The highest BCUT2D eigenvalue weighted by Crippen LogP contribution is 2.40. The summed E-state index contributed by atoms with van der Waals surface area (Å²) in [7, 11) is 0. The van der Waals surface area contributed by atoms with Gasteiger partial charge in [0.25, 0.3) is 5.91 Å². The van der Waals surface area contributed by atoms with E-state index in [1.54, 1.807) is 4.68 Å². The lowest BCUT2D eigenvalue weighted by Crippen LogP contribution is -2.50. The molecule has 1 aromatic carbocycles. The number of hydrogen-bond donors (Lipinski definition) is 2. The fraction of sp³-hybridized carbons (Fsp3) is 0.500. The predicted octanol–water partition coefficient (Wildman–Crippen LogP) is 2.53. The van der Waals surface area contributed by atoms with Crippen molar-refractivity contribution in [3.05, 3.63) is 40.9 Å². The minimum atomic E-state index is -0.215. The van der Waals surface area contributed by atoms with E-state index in [0.717, 1.165) is 43.9 Å². The van der Waals surface area contributed by atoms with Gasteiger partial charge in [-0.15, -0.1) is 5.10 Å². The van der Waals surface area contributed by atoms with E-state index in [2.05, 4.69) is 27.6 Å². The molecular formula is C18H22ClN5O. The maximum Gasteiger partial charge on any atom is 0.291 e. The van der Waals surface area contributed by atoms with Crippen molar-refractivity contribution in [2.24, 2.45) is 5.92 Å². The van der Waals surface area contributed by atoms with Crippen LogP contribution >= 0.6 is 11.6 Å². The third-order valence-corrected chi connectivity index (χ3v) is 5.32. The van der Waals surface area contributed by atoms with E-state index in [4.69, 9.17) is 11.6 Å². The number of hydrogen-bond acceptors (Lipinski definition) is 4. The van der Waals surface area contributed by atoms with E-state index in [0.29, 0.717) is 16.9 Å². The summed E-state index contributed by atoms with van der Waals surface area (Å²) in [6.45, 7) is 3.95. The predicted molar refractivity (Wildman–Crippen MR) is 96.2 cm³/mol. The Kier molecular flexibility index (Phi) is 4.48. The second-order valence-corrected chi connectivity index (χ2v) is 7.39. The molecule has 2 atom stereocenters. The van der Waals surface area contributed by atoms with Gasteiger partial charge in [0.2, 0.25) is 5.82 Å². The molecule has 132 valence electrons. The zero-order chi connectivity index (χ0) is 17.4. The third kappa shape index (κ3) is 3.41. The molecule has 2 unspecified atom stereocenters. The number of nitrogens with one attached hydrogen (secondary N) is 2. The Morgan fingerprint density at radius 1 is 1.32 bits per heavy atom. The molecule has 2 aliphatic rings. The highest BCUT2D eigenvalue weighted by atomic mass is 35.5. The topological polar surface area (TPSA) is 71.8 Å². The van der Waals surface area contributed by atoms with E-state index >= 15 is 0 Å². The van der Waals surface area contributed by atoms with Crippen LogP contribution in [0.4, 0.5) is 0 Å². The van der Waals surface area contributed by atoms with E-state index in [1.165, 1.54) is 0 Å². The molecule has 2 fully saturated rings. The Balaban J connectivity index is 1.61. The van der Waals surface area contributed by atoms with E-state index < -0.39 is 0 Å². The molecule has 0 bridgehead atoms. The molecule has 0 spiro atoms. The number of carbonyl (C=O) groups excluding carboxylic acids is 1. The van der Waals surface area contributed by atoms with Gasteiger partial charge in [-0.25, -0.2) is 9.67 Å². The third-order valence-electron chi connectivity index (χ3n) is 5.00. The summed E-state index contributed by atoms with van der Waals surface area (Å²) in [5.74, 6) is 1.64. The van der Waals surface area contributed by atoms with Crippen molar-refractivity contribution >= 4 is 17.5 Å². The molecule has 1 saturated heterocycles. The average molecular weight is 360 g/mol. The molecule has 2 heterocycles. The first kappa shape index (κ1) is 16.5. The first-order valence-electron chi connectivity index (χ1n) is 8.87. The second kappa shape index (κ2) is 6.77.